The third-order valence-corrected chi connectivity index (χ3v) is 3.11. The number of nitriles is 1. The van der Waals surface area contributed by atoms with Crippen LogP contribution in [0.25, 0.3) is 0 Å². The molecule has 1 aliphatic carbocycles. The van der Waals surface area contributed by atoms with Gasteiger partial charge in [-0.3, -0.25) is 0 Å². The van der Waals surface area contributed by atoms with E-state index in [4.69, 9.17) is 10.00 Å². The predicted octanol–water partition coefficient (Wildman–Crippen LogP) is 2.08. The van der Waals surface area contributed by atoms with Gasteiger partial charge in [0.25, 0.3) is 0 Å². The summed E-state index contributed by atoms with van der Waals surface area (Å²) < 4.78 is 5.00. The summed E-state index contributed by atoms with van der Waals surface area (Å²) >= 11 is 0. The molecule has 0 radical (unpaired) electrons. The third-order valence-electron chi connectivity index (χ3n) is 3.11. The van der Waals surface area contributed by atoms with Crippen LogP contribution in [0.15, 0.2) is 0 Å². The lowest BCUT2D eigenvalue weighted by atomic mass is 9.96. The molecule has 0 aromatic heterocycles. The van der Waals surface area contributed by atoms with E-state index in [-0.39, 0.29) is 5.92 Å². The predicted molar refractivity (Wildman–Crippen MR) is 60.5 cm³/mol. The van der Waals surface area contributed by atoms with Gasteiger partial charge in [-0.2, -0.15) is 5.26 Å². The van der Waals surface area contributed by atoms with Gasteiger partial charge in [0.15, 0.2) is 0 Å². The van der Waals surface area contributed by atoms with Crippen molar-refractivity contribution in [1.29, 1.82) is 5.26 Å². The second kappa shape index (κ2) is 7.67. The van der Waals surface area contributed by atoms with Gasteiger partial charge in [0.2, 0.25) is 0 Å². The molecule has 2 atom stereocenters. The van der Waals surface area contributed by atoms with Crippen molar-refractivity contribution < 1.29 is 4.74 Å². The summed E-state index contributed by atoms with van der Waals surface area (Å²) in [5.41, 5.74) is 0. The Hall–Kier alpha value is -0.590. The number of ether oxygens (including phenoxy) is 1. The molecule has 0 aliphatic heterocycles. The molecule has 15 heavy (non-hydrogen) atoms. The molecule has 0 heterocycles. The molecule has 1 fully saturated rings. The van der Waals surface area contributed by atoms with Gasteiger partial charge < -0.3 is 10.1 Å². The van der Waals surface area contributed by atoms with Crippen LogP contribution >= 0.6 is 0 Å². The molecular weight excluding hydrogens is 188 g/mol. The maximum absolute atomic E-state index is 9.07. The maximum atomic E-state index is 9.07. The molecule has 0 saturated heterocycles. The lowest BCUT2D eigenvalue weighted by Crippen LogP contribution is -2.35. The second-order valence-corrected chi connectivity index (χ2v) is 4.28. The van der Waals surface area contributed by atoms with E-state index in [1.54, 1.807) is 7.11 Å². The molecule has 3 heteroatoms. The van der Waals surface area contributed by atoms with Gasteiger partial charge in [-0.1, -0.05) is 19.3 Å². The first-order valence-corrected chi connectivity index (χ1v) is 6.00. The summed E-state index contributed by atoms with van der Waals surface area (Å²) in [5.74, 6) is 0.218. The van der Waals surface area contributed by atoms with Crippen LogP contribution in [-0.4, -0.2) is 26.3 Å². The van der Waals surface area contributed by atoms with Crippen molar-refractivity contribution in [3.05, 3.63) is 0 Å². The van der Waals surface area contributed by atoms with Gasteiger partial charge in [-0.15, -0.1) is 0 Å². The van der Waals surface area contributed by atoms with Gasteiger partial charge in [-0.05, 0) is 25.8 Å². The average molecular weight is 210 g/mol. The Balaban J connectivity index is 2.26. The Bertz CT molecular complexity index is 200. The van der Waals surface area contributed by atoms with Crippen LogP contribution in [0.2, 0.25) is 0 Å². The van der Waals surface area contributed by atoms with Crippen LogP contribution < -0.4 is 5.32 Å². The van der Waals surface area contributed by atoms with E-state index in [9.17, 15) is 0 Å². The molecule has 86 valence electrons. The minimum atomic E-state index is 0.218. The summed E-state index contributed by atoms with van der Waals surface area (Å²) in [6.07, 6.45) is 7.03. The molecule has 1 aliphatic rings. The first kappa shape index (κ1) is 12.5. The SMILES string of the molecule is COCCCNC1CCCCCC1C#N. The number of hydrogen-bond donors (Lipinski definition) is 1. The molecule has 1 rings (SSSR count). The van der Waals surface area contributed by atoms with Crippen LogP contribution in [0.3, 0.4) is 0 Å². The monoisotopic (exact) mass is 210 g/mol. The van der Waals surface area contributed by atoms with Gasteiger partial charge in [-0.25, -0.2) is 0 Å². The molecule has 3 nitrogen and oxygen atoms in total. The molecule has 0 amide bonds. The van der Waals surface area contributed by atoms with Crippen LogP contribution in [-0.2, 0) is 4.74 Å². The minimum absolute atomic E-state index is 0.218. The van der Waals surface area contributed by atoms with Crippen LogP contribution in [0.1, 0.15) is 38.5 Å². The lowest BCUT2D eigenvalue weighted by Gasteiger charge is -2.20. The van der Waals surface area contributed by atoms with Crippen molar-refractivity contribution in [3.63, 3.8) is 0 Å². The third kappa shape index (κ3) is 4.63. The minimum Gasteiger partial charge on any atom is -0.385 e. The molecule has 0 aromatic carbocycles. The Kier molecular flexibility index (Phi) is 6.38. The van der Waals surface area contributed by atoms with Crippen LogP contribution in [0, 0.1) is 17.2 Å². The van der Waals surface area contributed by atoms with Crippen molar-refractivity contribution >= 4 is 0 Å². The van der Waals surface area contributed by atoms with E-state index in [0.29, 0.717) is 6.04 Å². The van der Waals surface area contributed by atoms with Crippen molar-refractivity contribution in [1.82, 2.24) is 5.32 Å². The lowest BCUT2D eigenvalue weighted by molar-refractivity contribution is 0.192. The summed E-state index contributed by atoms with van der Waals surface area (Å²) in [6, 6.07) is 2.85. The summed E-state index contributed by atoms with van der Waals surface area (Å²) in [7, 11) is 1.73. The fourth-order valence-electron chi connectivity index (χ4n) is 2.21. The van der Waals surface area contributed by atoms with E-state index in [2.05, 4.69) is 11.4 Å². The molecule has 1 N–H and O–H groups in total. The quantitative estimate of drug-likeness (QED) is 0.558. The van der Waals surface area contributed by atoms with E-state index >= 15 is 0 Å². The molecule has 0 spiro atoms. The van der Waals surface area contributed by atoms with E-state index in [0.717, 1.165) is 32.4 Å². The van der Waals surface area contributed by atoms with E-state index in [1.165, 1.54) is 19.3 Å². The highest BCUT2D eigenvalue weighted by molar-refractivity contribution is 4.93. The first-order valence-electron chi connectivity index (χ1n) is 6.00. The first-order chi connectivity index (χ1) is 7.38. The average Bonchev–Trinajstić information content (AvgIpc) is 2.49. The molecular formula is C12H22N2O. The van der Waals surface area contributed by atoms with E-state index < -0.39 is 0 Å². The fourth-order valence-corrected chi connectivity index (χ4v) is 2.21. The summed E-state index contributed by atoms with van der Waals surface area (Å²) in [5, 5.41) is 12.6. The highest BCUT2D eigenvalue weighted by atomic mass is 16.5. The van der Waals surface area contributed by atoms with Crippen LogP contribution in [0.4, 0.5) is 0 Å². The molecule has 0 bridgehead atoms. The maximum Gasteiger partial charge on any atom is 0.0672 e. The molecule has 0 aromatic rings. The summed E-state index contributed by atoms with van der Waals surface area (Å²) in [6.45, 7) is 1.77. The molecule has 2 unspecified atom stereocenters. The van der Waals surface area contributed by atoms with Crippen molar-refractivity contribution in [2.24, 2.45) is 5.92 Å². The van der Waals surface area contributed by atoms with Crippen molar-refractivity contribution in [2.45, 2.75) is 44.6 Å². The molecule has 1 saturated carbocycles. The zero-order valence-corrected chi connectivity index (χ0v) is 9.67. The van der Waals surface area contributed by atoms with Gasteiger partial charge in [0.1, 0.15) is 0 Å². The Morgan fingerprint density at radius 3 is 2.87 bits per heavy atom. The topological polar surface area (TPSA) is 45.0 Å². The highest BCUT2D eigenvalue weighted by Crippen LogP contribution is 2.22. The number of rotatable bonds is 5. The smallest absolute Gasteiger partial charge is 0.0672 e. The van der Waals surface area contributed by atoms with E-state index in [1.807, 2.05) is 0 Å². The van der Waals surface area contributed by atoms with Gasteiger partial charge in [0.05, 0.1) is 12.0 Å². The number of hydrogen-bond acceptors (Lipinski definition) is 3. The number of nitrogens with zero attached hydrogens (tertiary/aromatic N) is 1. The highest BCUT2D eigenvalue weighted by Gasteiger charge is 2.22. The van der Waals surface area contributed by atoms with Crippen LogP contribution in [0.5, 0.6) is 0 Å². The number of methoxy groups -OCH3 is 1. The number of nitrogens with one attached hydrogen (secondary N) is 1. The second-order valence-electron chi connectivity index (χ2n) is 4.28. The Morgan fingerprint density at radius 1 is 1.33 bits per heavy atom. The van der Waals surface area contributed by atoms with Gasteiger partial charge in [0, 0.05) is 19.8 Å². The Morgan fingerprint density at radius 2 is 2.13 bits per heavy atom. The van der Waals surface area contributed by atoms with Crippen molar-refractivity contribution in [3.8, 4) is 6.07 Å². The summed E-state index contributed by atoms with van der Waals surface area (Å²) in [4.78, 5) is 0. The zero-order valence-electron chi connectivity index (χ0n) is 9.67. The van der Waals surface area contributed by atoms with Gasteiger partial charge >= 0.3 is 0 Å². The zero-order chi connectivity index (χ0) is 10.9. The normalized spacial score (nSPS) is 26.9. The van der Waals surface area contributed by atoms with Crippen molar-refractivity contribution in [2.75, 3.05) is 20.3 Å². The standard InChI is InChI=1S/C12H22N2O/c1-15-9-5-8-14-12-7-4-2-3-6-11(12)10-13/h11-12,14H,2-9H2,1H3. The fraction of sp³-hybridized carbons (Fsp3) is 0.917. The Labute approximate surface area is 92.8 Å². The largest absolute Gasteiger partial charge is 0.385 e.